The molecule has 13 heteroatoms. The Labute approximate surface area is 168 Å². The molecule has 0 fully saturated rings. The minimum atomic E-state index is -1.24. The number of carboxylic acid groups (broad SMARTS) is 1. The second-order valence-corrected chi connectivity index (χ2v) is 6.47. The third-order valence-electron chi connectivity index (χ3n) is 3.90. The van der Waals surface area contributed by atoms with Gasteiger partial charge in [0, 0.05) is 6.54 Å². The highest BCUT2D eigenvalue weighted by Gasteiger charge is 2.27. The molecule has 0 rings (SSSR count). The zero-order chi connectivity index (χ0) is 22.4. The van der Waals surface area contributed by atoms with Gasteiger partial charge in [0.1, 0.15) is 12.1 Å². The van der Waals surface area contributed by atoms with E-state index >= 15 is 0 Å². The smallest absolute Gasteiger partial charge is 0.326 e. The summed E-state index contributed by atoms with van der Waals surface area (Å²) in [5.74, 6) is -3.54. The van der Waals surface area contributed by atoms with Crippen LogP contribution in [0.25, 0.3) is 0 Å². The molecule has 0 saturated carbocycles. The maximum atomic E-state index is 12.6. The van der Waals surface area contributed by atoms with Gasteiger partial charge in [0.25, 0.3) is 0 Å². The lowest BCUT2D eigenvalue weighted by atomic mass is 10.1. The second kappa shape index (κ2) is 14.1. The molecule has 166 valence electrons. The number of amides is 3. The summed E-state index contributed by atoms with van der Waals surface area (Å²) in [6, 6.07) is -3.44. The number of aliphatic carboxylic acids is 1. The van der Waals surface area contributed by atoms with E-state index in [2.05, 4.69) is 15.6 Å². The Hall–Kier alpha value is -2.93. The van der Waals surface area contributed by atoms with Gasteiger partial charge in [-0.3, -0.25) is 19.4 Å². The number of nitrogens with one attached hydrogen (secondary N) is 2. The molecule has 29 heavy (non-hydrogen) atoms. The highest BCUT2D eigenvalue weighted by Crippen LogP contribution is 2.05. The van der Waals surface area contributed by atoms with Crippen LogP contribution in [-0.2, 0) is 19.2 Å². The van der Waals surface area contributed by atoms with Gasteiger partial charge >= 0.3 is 5.97 Å². The van der Waals surface area contributed by atoms with Gasteiger partial charge in [-0.2, -0.15) is 0 Å². The van der Waals surface area contributed by atoms with Gasteiger partial charge in [0.05, 0.1) is 12.5 Å². The van der Waals surface area contributed by atoms with Gasteiger partial charge in [-0.1, -0.05) is 0 Å². The summed E-state index contributed by atoms with van der Waals surface area (Å²) >= 11 is 0. The summed E-state index contributed by atoms with van der Waals surface area (Å²) in [5, 5.41) is 14.1. The van der Waals surface area contributed by atoms with E-state index in [0.29, 0.717) is 25.8 Å². The fourth-order valence-corrected chi connectivity index (χ4v) is 2.38. The van der Waals surface area contributed by atoms with Crippen molar-refractivity contribution in [3.63, 3.8) is 0 Å². The first kappa shape index (κ1) is 26.1. The van der Waals surface area contributed by atoms with Gasteiger partial charge in [-0.05, 0) is 38.6 Å². The zero-order valence-corrected chi connectivity index (χ0v) is 16.3. The molecule has 0 aromatic rings. The lowest BCUT2D eigenvalue weighted by molar-refractivity contribution is -0.142. The van der Waals surface area contributed by atoms with Crippen molar-refractivity contribution in [3.05, 3.63) is 0 Å². The molecule has 0 saturated heterocycles. The Morgan fingerprint density at radius 1 is 0.897 bits per heavy atom. The van der Waals surface area contributed by atoms with Crippen LogP contribution in [0.15, 0.2) is 4.99 Å². The van der Waals surface area contributed by atoms with Crippen molar-refractivity contribution in [2.75, 3.05) is 13.1 Å². The number of hydrogen-bond acceptors (Lipinski definition) is 7. The van der Waals surface area contributed by atoms with Crippen molar-refractivity contribution in [1.82, 2.24) is 10.6 Å². The van der Waals surface area contributed by atoms with Gasteiger partial charge in [0.15, 0.2) is 5.96 Å². The van der Waals surface area contributed by atoms with Crippen LogP contribution in [0.5, 0.6) is 0 Å². The van der Waals surface area contributed by atoms with E-state index in [1.54, 1.807) is 0 Å². The molecular formula is C16H32N8O5. The predicted octanol–water partition coefficient (Wildman–Crippen LogP) is -3.57. The van der Waals surface area contributed by atoms with Gasteiger partial charge in [-0.15, -0.1) is 0 Å². The molecule has 0 aliphatic heterocycles. The summed E-state index contributed by atoms with van der Waals surface area (Å²) in [7, 11) is 0. The molecule has 13 N–H and O–H groups in total. The number of aliphatic imine (C=N–C) groups is 1. The van der Waals surface area contributed by atoms with Crippen LogP contribution in [0, 0.1) is 0 Å². The Balaban J connectivity index is 5.00. The monoisotopic (exact) mass is 416 g/mol. The zero-order valence-electron chi connectivity index (χ0n) is 16.3. The molecule has 0 spiro atoms. The average molecular weight is 416 g/mol. The maximum absolute atomic E-state index is 12.6. The number of carbonyl (C=O) groups excluding carboxylic acids is 3. The molecule has 0 radical (unpaired) electrons. The van der Waals surface area contributed by atoms with Crippen LogP contribution in [-0.4, -0.2) is 66.0 Å². The van der Waals surface area contributed by atoms with Crippen LogP contribution in [0.1, 0.15) is 38.5 Å². The minimum Gasteiger partial charge on any atom is -0.480 e. The van der Waals surface area contributed by atoms with E-state index in [4.69, 9.17) is 28.7 Å². The molecule has 0 heterocycles. The van der Waals surface area contributed by atoms with Gasteiger partial charge in [-0.25, -0.2) is 4.79 Å². The highest BCUT2D eigenvalue weighted by atomic mass is 16.4. The lowest BCUT2D eigenvalue weighted by Gasteiger charge is -2.22. The topological polar surface area (TPSA) is 255 Å². The molecule has 0 aliphatic rings. The number of guanidine groups is 1. The number of carboxylic acids is 1. The number of nitrogens with two attached hydrogens (primary N) is 5. The fraction of sp³-hybridized carbons (Fsp3) is 0.688. The van der Waals surface area contributed by atoms with E-state index in [1.165, 1.54) is 0 Å². The number of rotatable bonds is 15. The Morgan fingerprint density at radius 3 is 2.00 bits per heavy atom. The highest BCUT2D eigenvalue weighted by molar-refractivity contribution is 5.93. The first-order chi connectivity index (χ1) is 13.6. The van der Waals surface area contributed by atoms with Crippen molar-refractivity contribution in [2.24, 2.45) is 33.7 Å². The van der Waals surface area contributed by atoms with E-state index in [9.17, 15) is 24.3 Å². The van der Waals surface area contributed by atoms with Gasteiger partial charge in [0.2, 0.25) is 17.7 Å². The van der Waals surface area contributed by atoms with Crippen molar-refractivity contribution in [3.8, 4) is 0 Å². The largest absolute Gasteiger partial charge is 0.480 e. The van der Waals surface area contributed by atoms with E-state index < -0.39 is 41.8 Å². The molecule has 3 amide bonds. The summed E-state index contributed by atoms with van der Waals surface area (Å²) < 4.78 is 0. The average Bonchev–Trinajstić information content (AvgIpc) is 2.62. The third-order valence-corrected chi connectivity index (χ3v) is 3.90. The number of nitrogens with zero attached hydrogens (tertiary/aromatic N) is 1. The van der Waals surface area contributed by atoms with Crippen molar-refractivity contribution in [2.45, 2.75) is 56.7 Å². The van der Waals surface area contributed by atoms with E-state index in [1.807, 2.05) is 0 Å². The Bertz CT molecular complexity index is 594. The normalized spacial score (nSPS) is 13.6. The predicted molar refractivity (Wildman–Crippen MR) is 106 cm³/mol. The Kier molecular flexibility index (Phi) is 12.7. The number of hydrogen-bond donors (Lipinski definition) is 8. The molecule has 3 unspecified atom stereocenters. The Morgan fingerprint density at radius 2 is 1.48 bits per heavy atom. The van der Waals surface area contributed by atoms with E-state index in [-0.39, 0.29) is 31.8 Å². The second-order valence-electron chi connectivity index (χ2n) is 6.47. The first-order valence-corrected chi connectivity index (χ1v) is 9.21. The quantitative estimate of drug-likeness (QED) is 0.0744. The van der Waals surface area contributed by atoms with E-state index in [0.717, 1.165) is 0 Å². The maximum Gasteiger partial charge on any atom is 0.326 e. The molecule has 0 aromatic heterocycles. The van der Waals surface area contributed by atoms with Crippen molar-refractivity contribution < 1.29 is 24.3 Å². The summed E-state index contributed by atoms with van der Waals surface area (Å²) in [6.07, 6.45) is 1.37. The molecule has 3 atom stereocenters. The summed E-state index contributed by atoms with van der Waals surface area (Å²) in [6.45, 7) is 0.604. The molecule has 0 aliphatic carbocycles. The third kappa shape index (κ3) is 12.2. The number of carbonyl (C=O) groups is 4. The minimum absolute atomic E-state index is 0.0858. The van der Waals surface area contributed by atoms with Crippen LogP contribution in [0.3, 0.4) is 0 Å². The number of unbranched alkanes of at least 4 members (excludes halogenated alkanes) is 1. The fourth-order valence-electron chi connectivity index (χ4n) is 2.38. The summed E-state index contributed by atoms with van der Waals surface area (Å²) in [5.41, 5.74) is 26.4. The van der Waals surface area contributed by atoms with Gasteiger partial charge < -0.3 is 44.4 Å². The van der Waals surface area contributed by atoms with Crippen LogP contribution < -0.4 is 39.3 Å². The van der Waals surface area contributed by atoms with Crippen LogP contribution in [0.2, 0.25) is 0 Å². The van der Waals surface area contributed by atoms with Crippen molar-refractivity contribution in [1.29, 1.82) is 0 Å². The molecule has 0 aromatic carbocycles. The lowest BCUT2D eigenvalue weighted by Crippen LogP contribution is -2.54. The molecule has 0 bridgehead atoms. The standard InChI is InChI=1S/C16H32N8O5/c17-6-2-1-4-10(23-13(26)9(18)8-12(19)25)14(27)24-11(15(28)29)5-3-7-22-16(20)21/h9-11H,1-8,17-18H2,(H2,19,25)(H,23,26)(H,24,27)(H,28,29)(H4,20,21,22). The summed E-state index contributed by atoms with van der Waals surface area (Å²) in [4.78, 5) is 50.8. The molecule has 13 nitrogen and oxygen atoms in total. The van der Waals surface area contributed by atoms with Crippen molar-refractivity contribution >= 4 is 29.7 Å². The number of primary amides is 1. The first-order valence-electron chi connectivity index (χ1n) is 9.21. The van der Waals surface area contributed by atoms with Crippen LogP contribution in [0.4, 0.5) is 0 Å². The molecular weight excluding hydrogens is 384 g/mol. The SMILES string of the molecule is NCCCCC(NC(=O)C(N)CC(N)=O)C(=O)NC(CCCN=C(N)N)C(=O)O. The van der Waals surface area contributed by atoms with Crippen LogP contribution >= 0.6 is 0 Å².